The van der Waals surface area contributed by atoms with Crippen LogP contribution in [0.2, 0.25) is 0 Å². The standard InChI is InChI=1S/C17H20N4O6/c1-4-19(8-13(22)18-10(2)3)14(23)9-20-16(24)11-6-5-7-12(21(26)27)15(11)17(20)25/h5-7,10H,4,8-9H2,1-3H3,(H,18,22). The van der Waals surface area contributed by atoms with E-state index in [1.165, 1.54) is 17.0 Å². The van der Waals surface area contributed by atoms with Crippen LogP contribution < -0.4 is 5.32 Å². The van der Waals surface area contributed by atoms with Gasteiger partial charge in [-0.2, -0.15) is 0 Å². The predicted octanol–water partition coefficient (Wildman–Crippen LogP) is 0.564. The fourth-order valence-corrected chi connectivity index (χ4v) is 2.76. The minimum absolute atomic E-state index is 0.0944. The highest BCUT2D eigenvalue weighted by Gasteiger charge is 2.42. The topological polar surface area (TPSA) is 130 Å². The highest BCUT2D eigenvalue weighted by Crippen LogP contribution is 2.30. The van der Waals surface area contributed by atoms with E-state index in [2.05, 4.69) is 5.32 Å². The van der Waals surface area contributed by atoms with Crippen LogP contribution in [0.1, 0.15) is 41.5 Å². The van der Waals surface area contributed by atoms with Crippen LogP contribution in [0.25, 0.3) is 0 Å². The Labute approximate surface area is 155 Å². The van der Waals surface area contributed by atoms with Crippen LogP contribution in [0.15, 0.2) is 18.2 Å². The summed E-state index contributed by atoms with van der Waals surface area (Å²) in [6.07, 6.45) is 0. The largest absolute Gasteiger partial charge is 0.352 e. The molecule has 0 atom stereocenters. The van der Waals surface area contributed by atoms with Crippen molar-refractivity contribution in [2.75, 3.05) is 19.6 Å². The number of benzene rings is 1. The third-order valence-electron chi connectivity index (χ3n) is 3.99. The van der Waals surface area contributed by atoms with Crippen LogP contribution in [0.5, 0.6) is 0 Å². The Morgan fingerprint density at radius 3 is 2.48 bits per heavy atom. The van der Waals surface area contributed by atoms with Crippen LogP contribution >= 0.6 is 0 Å². The smallest absolute Gasteiger partial charge is 0.282 e. The molecule has 10 heteroatoms. The van der Waals surface area contributed by atoms with Crippen molar-refractivity contribution < 1.29 is 24.1 Å². The van der Waals surface area contributed by atoms with Gasteiger partial charge in [-0.15, -0.1) is 0 Å². The Kier molecular flexibility index (Phi) is 5.88. The minimum atomic E-state index is -0.890. The first-order chi connectivity index (χ1) is 12.7. The number of hydrogen-bond donors (Lipinski definition) is 1. The highest BCUT2D eigenvalue weighted by molar-refractivity contribution is 6.24. The van der Waals surface area contributed by atoms with Gasteiger partial charge in [-0.1, -0.05) is 6.07 Å². The summed E-state index contributed by atoms with van der Waals surface area (Å²) in [6.45, 7) is 4.62. The average Bonchev–Trinajstić information content (AvgIpc) is 2.83. The van der Waals surface area contributed by atoms with E-state index in [1.807, 2.05) is 0 Å². The summed E-state index contributed by atoms with van der Waals surface area (Å²) in [5.74, 6) is -2.63. The molecule has 0 bridgehead atoms. The second-order valence-corrected chi connectivity index (χ2v) is 6.28. The van der Waals surface area contributed by atoms with Crippen molar-refractivity contribution >= 4 is 29.3 Å². The van der Waals surface area contributed by atoms with E-state index in [1.54, 1.807) is 20.8 Å². The molecular formula is C17H20N4O6. The van der Waals surface area contributed by atoms with Gasteiger partial charge >= 0.3 is 0 Å². The van der Waals surface area contributed by atoms with Crippen LogP contribution in [0.4, 0.5) is 5.69 Å². The first kappa shape index (κ1) is 20.0. The van der Waals surface area contributed by atoms with E-state index in [0.717, 1.165) is 6.07 Å². The number of hydrogen-bond acceptors (Lipinski definition) is 6. The summed E-state index contributed by atoms with van der Waals surface area (Å²) in [5.41, 5.74) is -0.909. The average molecular weight is 376 g/mol. The number of nitrogens with one attached hydrogen (secondary N) is 1. The quantitative estimate of drug-likeness (QED) is 0.420. The Morgan fingerprint density at radius 1 is 1.26 bits per heavy atom. The molecule has 10 nitrogen and oxygen atoms in total. The molecule has 0 unspecified atom stereocenters. The second-order valence-electron chi connectivity index (χ2n) is 6.28. The van der Waals surface area contributed by atoms with Gasteiger partial charge < -0.3 is 10.2 Å². The minimum Gasteiger partial charge on any atom is -0.352 e. The lowest BCUT2D eigenvalue weighted by Crippen LogP contribution is -2.47. The SMILES string of the molecule is CCN(CC(=O)NC(C)C)C(=O)CN1C(=O)c2cccc([N+](=O)[O-])c2C1=O. The maximum atomic E-state index is 12.5. The van der Waals surface area contributed by atoms with Gasteiger partial charge in [0.05, 0.1) is 17.0 Å². The number of nitro groups is 1. The van der Waals surface area contributed by atoms with Gasteiger partial charge in [0.25, 0.3) is 17.5 Å². The van der Waals surface area contributed by atoms with E-state index < -0.39 is 34.9 Å². The number of carbonyl (C=O) groups is 4. The van der Waals surface area contributed by atoms with Gasteiger partial charge in [0.1, 0.15) is 12.1 Å². The Bertz CT molecular complexity index is 820. The molecule has 0 fully saturated rings. The zero-order valence-electron chi connectivity index (χ0n) is 15.2. The third kappa shape index (κ3) is 4.10. The molecule has 0 spiro atoms. The van der Waals surface area contributed by atoms with Gasteiger partial charge in [-0.25, -0.2) is 0 Å². The maximum Gasteiger partial charge on any atom is 0.282 e. The predicted molar refractivity (Wildman–Crippen MR) is 94.0 cm³/mol. The third-order valence-corrected chi connectivity index (χ3v) is 3.99. The van der Waals surface area contributed by atoms with Crippen molar-refractivity contribution in [3.63, 3.8) is 0 Å². The van der Waals surface area contributed by atoms with Crippen LogP contribution in [-0.2, 0) is 9.59 Å². The molecule has 4 amide bonds. The van der Waals surface area contributed by atoms with Crippen molar-refractivity contribution in [1.82, 2.24) is 15.1 Å². The van der Waals surface area contributed by atoms with Crippen LogP contribution in [0, 0.1) is 10.1 Å². The Morgan fingerprint density at radius 2 is 1.93 bits per heavy atom. The summed E-state index contributed by atoms with van der Waals surface area (Å²) in [4.78, 5) is 61.5. The molecule has 144 valence electrons. The zero-order valence-corrected chi connectivity index (χ0v) is 15.2. The molecular weight excluding hydrogens is 356 g/mol. The Hall–Kier alpha value is -3.30. The number of carbonyl (C=O) groups excluding carboxylic acids is 4. The lowest BCUT2D eigenvalue weighted by atomic mass is 10.1. The number of fused-ring (bicyclic) bond motifs is 1. The molecule has 0 aromatic heterocycles. The van der Waals surface area contributed by atoms with Gasteiger partial charge in [0.2, 0.25) is 11.8 Å². The number of rotatable bonds is 7. The summed E-state index contributed by atoms with van der Waals surface area (Å²) >= 11 is 0. The lowest BCUT2D eigenvalue weighted by Gasteiger charge is -2.23. The molecule has 1 heterocycles. The van der Waals surface area contributed by atoms with Gasteiger partial charge in [0, 0.05) is 18.7 Å². The number of imide groups is 1. The molecule has 1 aromatic rings. The lowest BCUT2D eigenvalue weighted by molar-refractivity contribution is -0.385. The van der Waals surface area contributed by atoms with E-state index in [-0.39, 0.29) is 36.2 Å². The van der Waals surface area contributed by atoms with Crippen molar-refractivity contribution in [1.29, 1.82) is 0 Å². The Balaban J connectivity index is 2.17. The van der Waals surface area contributed by atoms with Crippen LogP contribution in [-0.4, -0.2) is 64.0 Å². The first-order valence-electron chi connectivity index (χ1n) is 8.38. The summed E-state index contributed by atoms with van der Waals surface area (Å²) in [5, 5.41) is 13.8. The summed E-state index contributed by atoms with van der Waals surface area (Å²) < 4.78 is 0. The monoisotopic (exact) mass is 376 g/mol. The molecule has 0 saturated heterocycles. The number of likely N-dealkylation sites (N-methyl/N-ethyl adjacent to an activating group) is 1. The number of nitro benzene ring substituents is 1. The highest BCUT2D eigenvalue weighted by atomic mass is 16.6. The maximum absolute atomic E-state index is 12.5. The number of amides is 4. The first-order valence-corrected chi connectivity index (χ1v) is 8.38. The molecule has 0 saturated carbocycles. The summed E-state index contributed by atoms with van der Waals surface area (Å²) in [7, 11) is 0. The fraction of sp³-hybridized carbons (Fsp3) is 0.412. The molecule has 1 aliphatic heterocycles. The van der Waals surface area contributed by atoms with Gasteiger partial charge in [-0.05, 0) is 26.8 Å². The molecule has 1 N–H and O–H groups in total. The van der Waals surface area contributed by atoms with E-state index >= 15 is 0 Å². The summed E-state index contributed by atoms with van der Waals surface area (Å²) in [6, 6.07) is 3.65. The van der Waals surface area contributed by atoms with E-state index in [0.29, 0.717) is 4.90 Å². The molecule has 1 aromatic carbocycles. The second kappa shape index (κ2) is 7.94. The molecule has 0 aliphatic carbocycles. The number of nitrogens with zero attached hydrogens (tertiary/aromatic N) is 3. The van der Waals surface area contributed by atoms with Crippen molar-refractivity contribution in [2.45, 2.75) is 26.8 Å². The van der Waals surface area contributed by atoms with E-state index in [9.17, 15) is 29.3 Å². The molecule has 27 heavy (non-hydrogen) atoms. The van der Waals surface area contributed by atoms with Gasteiger partial charge in [0.15, 0.2) is 0 Å². The molecule has 1 aliphatic rings. The zero-order chi connectivity index (χ0) is 20.3. The molecule has 2 rings (SSSR count). The van der Waals surface area contributed by atoms with Crippen molar-refractivity contribution in [2.24, 2.45) is 0 Å². The van der Waals surface area contributed by atoms with Crippen molar-refractivity contribution in [3.8, 4) is 0 Å². The van der Waals surface area contributed by atoms with Crippen LogP contribution in [0.3, 0.4) is 0 Å². The van der Waals surface area contributed by atoms with Gasteiger partial charge in [-0.3, -0.25) is 34.2 Å². The van der Waals surface area contributed by atoms with Crippen molar-refractivity contribution in [3.05, 3.63) is 39.4 Å². The molecule has 0 radical (unpaired) electrons. The van der Waals surface area contributed by atoms with E-state index in [4.69, 9.17) is 0 Å². The normalized spacial score (nSPS) is 13.0. The fourth-order valence-electron chi connectivity index (χ4n) is 2.76.